The quantitative estimate of drug-likeness (QED) is 0.757. The van der Waals surface area contributed by atoms with E-state index >= 15 is 0 Å². The van der Waals surface area contributed by atoms with Crippen LogP contribution in [0.25, 0.3) is 0 Å². The van der Waals surface area contributed by atoms with E-state index in [1.54, 1.807) is 0 Å². The summed E-state index contributed by atoms with van der Waals surface area (Å²) in [5.41, 5.74) is 0.185. The van der Waals surface area contributed by atoms with Crippen LogP contribution in [0.4, 0.5) is 0 Å². The Hall–Kier alpha value is -1.83. The number of rotatable bonds is 6. The second kappa shape index (κ2) is 6.93. The van der Waals surface area contributed by atoms with Crippen molar-refractivity contribution >= 4 is 33.8 Å². The summed E-state index contributed by atoms with van der Waals surface area (Å²) >= 11 is 3.02. The number of carboxylic acid groups (broad SMARTS) is 1. The van der Waals surface area contributed by atoms with E-state index in [2.05, 4.69) is 26.0 Å². The maximum absolute atomic E-state index is 11.8. The molecule has 1 amide bonds. The zero-order valence-electron chi connectivity index (χ0n) is 10.0. The smallest absolute Gasteiger partial charge is 0.326 e. The molecule has 0 saturated heterocycles. The molecular weight excluding hydrogens is 322 g/mol. The third kappa shape index (κ3) is 4.40. The van der Waals surface area contributed by atoms with Crippen molar-refractivity contribution in [2.45, 2.75) is 18.9 Å². The summed E-state index contributed by atoms with van der Waals surface area (Å²) in [7, 11) is 1.21. The molecule has 0 aliphatic heterocycles. The Morgan fingerprint density at radius 2 is 2.21 bits per heavy atom. The zero-order chi connectivity index (χ0) is 14.4. The Labute approximate surface area is 117 Å². The summed E-state index contributed by atoms with van der Waals surface area (Å²) in [6, 6.07) is 0.229. The first-order chi connectivity index (χ1) is 8.95. The minimum absolute atomic E-state index is 0.0524. The molecule has 8 heteroatoms. The fourth-order valence-electron chi connectivity index (χ4n) is 1.31. The number of nitrogens with one attached hydrogen (secondary N) is 1. The third-order valence-corrected chi connectivity index (χ3v) is 2.94. The Morgan fingerprint density at radius 1 is 1.53 bits per heavy atom. The van der Waals surface area contributed by atoms with Gasteiger partial charge < -0.3 is 19.6 Å². The molecule has 0 aliphatic rings. The van der Waals surface area contributed by atoms with E-state index in [-0.39, 0.29) is 23.1 Å². The van der Waals surface area contributed by atoms with Gasteiger partial charge in [-0.3, -0.25) is 9.59 Å². The van der Waals surface area contributed by atoms with Crippen LogP contribution in [-0.2, 0) is 14.3 Å². The topological polar surface area (TPSA) is 106 Å². The second-order valence-electron chi connectivity index (χ2n) is 3.59. The highest BCUT2D eigenvalue weighted by Crippen LogP contribution is 2.17. The lowest BCUT2D eigenvalue weighted by Crippen LogP contribution is -2.41. The first-order valence-corrected chi connectivity index (χ1v) is 6.08. The second-order valence-corrected chi connectivity index (χ2v) is 4.31. The van der Waals surface area contributed by atoms with Crippen molar-refractivity contribution in [2.24, 2.45) is 0 Å². The van der Waals surface area contributed by atoms with E-state index in [1.807, 2.05) is 0 Å². The zero-order valence-corrected chi connectivity index (χ0v) is 11.6. The number of carboxylic acids is 1. The SMILES string of the molecule is COC(=O)CC[C@@H](NC(=O)c1ccoc1Br)C(=O)O. The van der Waals surface area contributed by atoms with Crippen LogP contribution in [0.5, 0.6) is 0 Å². The number of amides is 1. The van der Waals surface area contributed by atoms with E-state index in [9.17, 15) is 14.4 Å². The van der Waals surface area contributed by atoms with E-state index < -0.39 is 23.9 Å². The normalized spacial score (nSPS) is 11.7. The van der Waals surface area contributed by atoms with Crippen LogP contribution in [-0.4, -0.2) is 36.1 Å². The minimum atomic E-state index is -1.23. The van der Waals surface area contributed by atoms with Gasteiger partial charge in [-0.1, -0.05) is 0 Å². The highest BCUT2D eigenvalue weighted by molar-refractivity contribution is 9.10. The summed E-state index contributed by atoms with van der Waals surface area (Å²) in [6.45, 7) is 0. The Balaban J connectivity index is 2.64. The van der Waals surface area contributed by atoms with Crippen LogP contribution >= 0.6 is 15.9 Å². The number of hydrogen-bond donors (Lipinski definition) is 2. The molecule has 1 aromatic heterocycles. The fraction of sp³-hybridized carbons (Fsp3) is 0.364. The van der Waals surface area contributed by atoms with Gasteiger partial charge in [0.15, 0.2) is 4.67 Å². The van der Waals surface area contributed by atoms with Crippen molar-refractivity contribution in [1.29, 1.82) is 0 Å². The predicted octanol–water partition coefficient (Wildman–Crippen LogP) is 1.18. The van der Waals surface area contributed by atoms with Crippen molar-refractivity contribution in [3.63, 3.8) is 0 Å². The van der Waals surface area contributed by atoms with Gasteiger partial charge in [-0.05, 0) is 28.4 Å². The first kappa shape index (κ1) is 15.2. The van der Waals surface area contributed by atoms with Crippen LogP contribution < -0.4 is 5.32 Å². The van der Waals surface area contributed by atoms with Gasteiger partial charge in [-0.15, -0.1) is 0 Å². The molecular formula is C11H12BrNO6. The summed E-state index contributed by atoms with van der Waals surface area (Å²) in [5, 5.41) is 11.3. The van der Waals surface area contributed by atoms with Crippen LogP contribution in [0.15, 0.2) is 21.4 Å². The Kier molecular flexibility index (Phi) is 5.56. The lowest BCUT2D eigenvalue weighted by molar-refractivity contribution is -0.142. The van der Waals surface area contributed by atoms with E-state index in [4.69, 9.17) is 9.52 Å². The maximum atomic E-state index is 11.8. The third-order valence-electron chi connectivity index (χ3n) is 2.33. The minimum Gasteiger partial charge on any atom is -0.480 e. The molecule has 0 bridgehead atoms. The Morgan fingerprint density at radius 3 is 2.68 bits per heavy atom. The van der Waals surface area contributed by atoms with E-state index in [1.165, 1.54) is 19.4 Å². The molecule has 0 unspecified atom stereocenters. The summed E-state index contributed by atoms with van der Waals surface area (Å²) < 4.78 is 9.50. The van der Waals surface area contributed by atoms with Gasteiger partial charge in [0.05, 0.1) is 18.9 Å². The lowest BCUT2D eigenvalue weighted by atomic mass is 10.1. The molecule has 0 aromatic carbocycles. The van der Waals surface area contributed by atoms with Crippen LogP contribution in [0.2, 0.25) is 0 Å². The number of esters is 1. The molecule has 7 nitrogen and oxygen atoms in total. The average Bonchev–Trinajstić information content (AvgIpc) is 2.79. The van der Waals surface area contributed by atoms with Gasteiger partial charge in [0.2, 0.25) is 0 Å². The van der Waals surface area contributed by atoms with Gasteiger partial charge in [-0.25, -0.2) is 4.79 Å². The number of ether oxygens (including phenoxy) is 1. The molecule has 19 heavy (non-hydrogen) atoms. The van der Waals surface area contributed by atoms with Crippen molar-refractivity contribution in [3.05, 3.63) is 22.6 Å². The molecule has 1 rings (SSSR count). The number of carbonyl (C=O) groups excluding carboxylic acids is 2. The molecule has 0 spiro atoms. The summed E-state index contributed by atoms with van der Waals surface area (Å²) in [6.07, 6.45) is 1.15. The molecule has 1 heterocycles. The van der Waals surface area contributed by atoms with Gasteiger partial charge >= 0.3 is 11.9 Å². The van der Waals surface area contributed by atoms with Crippen LogP contribution in [0.1, 0.15) is 23.2 Å². The highest BCUT2D eigenvalue weighted by atomic mass is 79.9. The predicted molar refractivity (Wildman–Crippen MR) is 66.5 cm³/mol. The summed E-state index contributed by atoms with van der Waals surface area (Å²) in [4.78, 5) is 33.7. The number of methoxy groups -OCH3 is 1. The van der Waals surface area contributed by atoms with Crippen LogP contribution in [0.3, 0.4) is 0 Å². The van der Waals surface area contributed by atoms with Gasteiger partial charge in [0.25, 0.3) is 5.91 Å². The van der Waals surface area contributed by atoms with E-state index in [0.717, 1.165) is 0 Å². The van der Waals surface area contributed by atoms with Crippen molar-refractivity contribution in [3.8, 4) is 0 Å². The van der Waals surface area contributed by atoms with Crippen LogP contribution in [0, 0.1) is 0 Å². The first-order valence-electron chi connectivity index (χ1n) is 5.29. The highest BCUT2D eigenvalue weighted by Gasteiger charge is 2.23. The molecule has 1 aromatic rings. The number of furan rings is 1. The molecule has 0 saturated carbocycles. The van der Waals surface area contributed by atoms with Gasteiger partial charge in [0, 0.05) is 6.42 Å². The molecule has 104 valence electrons. The average molecular weight is 334 g/mol. The molecule has 1 atom stereocenters. The van der Waals surface area contributed by atoms with Crippen molar-refractivity contribution in [1.82, 2.24) is 5.32 Å². The van der Waals surface area contributed by atoms with Gasteiger partial charge in [-0.2, -0.15) is 0 Å². The number of carbonyl (C=O) groups is 3. The molecule has 0 fully saturated rings. The van der Waals surface area contributed by atoms with Crippen molar-refractivity contribution in [2.75, 3.05) is 7.11 Å². The lowest BCUT2D eigenvalue weighted by Gasteiger charge is -2.13. The number of halogens is 1. The van der Waals surface area contributed by atoms with E-state index in [0.29, 0.717) is 0 Å². The standard InChI is InChI=1S/C11H12BrNO6/c1-18-8(14)3-2-7(11(16)17)13-10(15)6-4-5-19-9(6)12/h4-5,7H,2-3H2,1H3,(H,13,15)(H,16,17)/t7-/m1/s1. The molecule has 2 N–H and O–H groups in total. The number of aliphatic carboxylic acids is 1. The van der Waals surface area contributed by atoms with Gasteiger partial charge in [0.1, 0.15) is 6.04 Å². The summed E-state index contributed by atoms with van der Waals surface area (Å²) in [5.74, 6) is -2.36. The monoisotopic (exact) mass is 333 g/mol. The maximum Gasteiger partial charge on any atom is 0.326 e. The Bertz CT molecular complexity index is 483. The number of hydrogen-bond acceptors (Lipinski definition) is 5. The largest absolute Gasteiger partial charge is 0.480 e. The molecule has 0 aliphatic carbocycles. The van der Waals surface area contributed by atoms with Crippen molar-refractivity contribution < 1.29 is 28.6 Å². The fourth-order valence-corrected chi connectivity index (χ4v) is 1.73. The molecule has 0 radical (unpaired) electrons.